The third-order valence-corrected chi connectivity index (χ3v) is 6.03. The van der Waals surface area contributed by atoms with Gasteiger partial charge in [0.05, 0.1) is 24.1 Å². The number of hydrogen-bond acceptors (Lipinski definition) is 3. The number of nitrogens with one attached hydrogen (secondary N) is 1. The van der Waals surface area contributed by atoms with E-state index in [2.05, 4.69) is 16.3 Å². The SMILES string of the molecule is C#CCN1C(=O)C2(CC(=O)Nc3c2cnn3-c2cccc(Cl)c2)c2cccc(C)c21. The highest BCUT2D eigenvalue weighted by Crippen LogP contribution is 2.53. The highest BCUT2D eigenvalue weighted by atomic mass is 35.5. The maximum atomic E-state index is 13.8. The second-order valence-corrected chi connectivity index (χ2v) is 7.93. The molecule has 0 radical (unpaired) electrons. The van der Waals surface area contributed by atoms with Gasteiger partial charge in [-0.25, -0.2) is 4.68 Å². The van der Waals surface area contributed by atoms with Crippen molar-refractivity contribution >= 4 is 34.9 Å². The molecule has 30 heavy (non-hydrogen) atoms. The molecule has 2 amide bonds. The van der Waals surface area contributed by atoms with E-state index in [4.69, 9.17) is 18.0 Å². The molecule has 1 unspecified atom stereocenters. The molecule has 5 rings (SSSR count). The van der Waals surface area contributed by atoms with Crippen molar-refractivity contribution in [2.45, 2.75) is 18.8 Å². The number of nitrogens with zero attached hydrogens (tertiary/aromatic N) is 3. The number of carbonyl (C=O) groups is 2. The van der Waals surface area contributed by atoms with Gasteiger partial charge in [0.25, 0.3) is 0 Å². The fourth-order valence-electron chi connectivity index (χ4n) is 4.58. The van der Waals surface area contributed by atoms with Crippen LogP contribution in [0.25, 0.3) is 5.69 Å². The van der Waals surface area contributed by atoms with Gasteiger partial charge < -0.3 is 5.32 Å². The Morgan fingerprint density at radius 2 is 2.03 bits per heavy atom. The van der Waals surface area contributed by atoms with Gasteiger partial charge in [-0.15, -0.1) is 6.42 Å². The zero-order valence-corrected chi connectivity index (χ0v) is 16.9. The first-order valence-electron chi connectivity index (χ1n) is 9.47. The molecule has 0 fully saturated rings. The number of fused-ring (bicyclic) bond motifs is 4. The summed E-state index contributed by atoms with van der Waals surface area (Å²) in [6, 6.07) is 12.9. The zero-order valence-electron chi connectivity index (χ0n) is 16.1. The van der Waals surface area contributed by atoms with E-state index in [0.29, 0.717) is 22.1 Å². The van der Waals surface area contributed by atoms with Crippen LogP contribution in [0.5, 0.6) is 0 Å². The lowest BCUT2D eigenvalue weighted by atomic mass is 9.71. The van der Waals surface area contributed by atoms with Crippen molar-refractivity contribution in [2.24, 2.45) is 0 Å². The van der Waals surface area contributed by atoms with Crippen molar-refractivity contribution in [1.29, 1.82) is 0 Å². The van der Waals surface area contributed by atoms with Crippen LogP contribution in [0, 0.1) is 19.3 Å². The molecule has 2 aliphatic rings. The first kappa shape index (κ1) is 18.5. The smallest absolute Gasteiger partial charge is 0.243 e. The average Bonchev–Trinajstić information content (AvgIpc) is 3.23. The Labute approximate surface area is 178 Å². The minimum Gasteiger partial charge on any atom is -0.310 e. The van der Waals surface area contributed by atoms with E-state index in [9.17, 15) is 9.59 Å². The second kappa shape index (κ2) is 6.48. The van der Waals surface area contributed by atoms with Gasteiger partial charge in [-0.3, -0.25) is 14.5 Å². The van der Waals surface area contributed by atoms with Gasteiger partial charge in [0.2, 0.25) is 11.8 Å². The number of hydrogen-bond donors (Lipinski definition) is 1. The summed E-state index contributed by atoms with van der Waals surface area (Å²) in [7, 11) is 0. The van der Waals surface area contributed by atoms with Gasteiger partial charge in [0, 0.05) is 17.0 Å². The molecule has 6 nitrogen and oxygen atoms in total. The lowest BCUT2D eigenvalue weighted by Crippen LogP contribution is -2.46. The lowest BCUT2D eigenvalue weighted by molar-refractivity contribution is -0.126. The lowest BCUT2D eigenvalue weighted by Gasteiger charge is -2.32. The maximum Gasteiger partial charge on any atom is 0.243 e. The Bertz CT molecular complexity index is 1270. The van der Waals surface area contributed by atoms with Gasteiger partial charge in [-0.2, -0.15) is 5.10 Å². The molecule has 3 aromatic rings. The molecule has 148 valence electrons. The van der Waals surface area contributed by atoms with Gasteiger partial charge >= 0.3 is 0 Å². The van der Waals surface area contributed by atoms with Crippen molar-refractivity contribution in [1.82, 2.24) is 9.78 Å². The van der Waals surface area contributed by atoms with Gasteiger partial charge in [0.15, 0.2) is 0 Å². The van der Waals surface area contributed by atoms with E-state index >= 15 is 0 Å². The number of halogens is 1. The number of aromatic nitrogens is 2. The number of aryl methyl sites for hydroxylation is 1. The molecule has 0 bridgehead atoms. The normalized spacial score (nSPS) is 19.4. The molecule has 1 spiro atoms. The van der Waals surface area contributed by atoms with E-state index in [1.54, 1.807) is 34.0 Å². The summed E-state index contributed by atoms with van der Waals surface area (Å²) in [5, 5.41) is 7.94. The molecule has 0 saturated heterocycles. The molecule has 0 saturated carbocycles. The van der Waals surface area contributed by atoms with Crippen molar-refractivity contribution in [3.8, 4) is 18.0 Å². The van der Waals surface area contributed by atoms with Crippen molar-refractivity contribution in [3.63, 3.8) is 0 Å². The third kappa shape index (κ3) is 2.36. The predicted molar refractivity (Wildman–Crippen MR) is 115 cm³/mol. The Kier molecular flexibility index (Phi) is 3.99. The fourth-order valence-corrected chi connectivity index (χ4v) is 4.76. The van der Waals surface area contributed by atoms with Crippen LogP contribution >= 0.6 is 11.6 Å². The van der Waals surface area contributed by atoms with Crippen LogP contribution in [0.2, 0.25) is 5.02 Å². The number of para-hydroxylation sites is 1. The number of amides is 2. The predicted octanol–water partition coefficient (Wildman–Crippen LogP) is 3.44. The molecule has 7 heteroatoms. The summed E-state index contributed by atoms with van der Waals surface area (Å²) < 4.78 is 1.60. The molecule has 2 aromatic carbocycles. The molecule has 2 aliphatic heterocycles. The second-order valence-electron chi connectivity index (χ2n) is 7.50. The first-order valence-corrected chi connectivity index (χ1v) is 9.85. The van der Waals surface area contributed by atoms with Crippen LogP contribution in [-0.4, -0.2) is 28.1 Å². The Hall–Kier alpha value is -3.56. The van der Waals surface area contributed by atoms with Crippen LogP contribution < -0.4 is 10.2 Å². The van der Waals surface area contributed by atoms with E-state index in [0.717, 1.165) is 16.8 Å². The third-order valence-electron chi connectivity index (χ3n) is 5.79. The molecule has 1 atom stereocenters. The van der Waals surface area contributed by atoms with Gasteiger partial charge in [-0.05, 0) is 36.2 Å². The number of carbonyl (C=O) groups excluding carboxylic acids is 2. The number of benzene rings is 2. The summed E-state index contributed by atoms with van der Waals surface area (Å²) in [5.41, 5.74) is 2.67. The first-order chi connectivity index (χ1) is 14.5. The van der Waals surface area contributed by atoms with E-state index in [1.807, 2.05) is 31.2 Å². The molecular formula is C23H17ClN4O2. The van der Waals surface area contributed by atoms with Crippen LogP contribution in [0.1, 0.15) is 23.1 Å². The van der Waals surface area contributed by atoms with E-state index < -0.39 is 5.41 Å². The van der Waals surface area contributed by atoms with Crippen LogP contribution in [0.15, 0.2) is 48.7 Å². The van der Waals surface area contributed by atoms with Crippen LogP contribution in [0.4, 0.5) is 11.5 Å². The Morgan fingerprint density at radius 1 is 1.23 bits per heavy atom. The summed E-state index contributed by atoms with van der Waals surface area (Å²) >= 11 is 6.15. The Morgan fingerprint density at radius 3 is 2.80 bits per heavy atom. The standard InChI is InChI=1S/C23H17ClN4O2/c1-3-10-27-20-14(2)6-4-9-17(20)23(22(27)30)12-19(29)26-21-18(23)13-25-28(21)16-8-5-7-15(24)11-16/h1,4-9,11,13H,10,12H2,2H3,(H,26,29). The minimum absolute atomic E-state index is 0.00238. The molecule has 3 heterocycles. The Balaban J connectivity index is 1.79. The summed E-state index contributed by atoms with van der Waals surface area (Å²) in [6.07, 6.45) is 7.21. The number of anilines is 2. The summed E-state index contributed by atoms with van der Waals surface area (Å²) in [5.74, 6) is 2.58. The molecule has 0 aliphatic carbocycles. The molecule has 1 aromatic heterocycles. The fraction of sp³-hybridized carbons (Fsp3) is 0.174. The zero-order chi connectivity index (χ0) is 21.0. The largest absolute Gasteiger partial charge is 0.310 e. The monoisotopic (exact) mass is 416 g/mol. The van der Waals surface area contributed by atoms with E-state index in [1.165, 1.54) is 0 Å². The van der Waals surface area contributed by atoms with E-state index in [-0.39, 0.29) is 24.8 Å². The minimum atomic E-state index is -1.16. The van der Waals surface area contributed by atoms with Gasteiger partial charge in [0.1, 0.15) is 11.2 Å². The van der Waals surface area contributed by atoms with Crippen molar-refractivity contribution in [2.75, 3.05) is 16.8 Å². The maximum absolute atomic E-state index is 13.8. The summed E-state index contributed by atoms with van der Waals surface area (Å²) in [4.78, 5) is 28.2. The number of rotatable bonds is 2. The molecule has 1 N–H and O–H groups in total. The van der Waals surface area contributed by atoms with Gasteiger partial charge in [-0.1, -0.05) is 41.8 Å². The highest BCUT2D eigenvalue weighted by molar-refractivity contribution is 6.30. The quantitative estimate of drug-likeness (QED) is 0.651. The average molecular weight is 417 g/mol. The van der Waals surface area contributed by atoms with Crippen LogP contribution in [0.3, 0.4) is 0 Å². The topological polar surface area (TPSA) is 67.2 Å². The van der Waals surface area contributed by atoms with Crippen molar-refractivity contribution < 1.29 is 9.59 Å². The van der Waals surface area contributed by atoms with Crippen LogP contribution in [-0.2, 0) is 15.0 Å². The molecular weight excluding hydrogens is 400 g/mol. The summed E-state index contributed by atoms with van der Waals surface area (Å²) in [6.45, 7) is 2.08. The number of terminal acetylenes is 1. The highest BCUT2D eigenvalue weighted by Gasteiger charge is 2.57. The van der Waals surface area contributed by atoms with Crippen molar-refractivity contribution in [3.05, 3.63) is 70.4 Å².